The molecule has 0 bridgehead atoms. The van der Waals surface area contributed by atoms with Crippen LogP contribution in [0.15, 0.2) is 54.6 Å². The van der Waals surface area contributed by atoms with Crippen molar-refractivity contribution in [1.82, 2.24) is 5.32 Å². The van der Waals surface area contributed by atoms with Gasteiger partial charge in [-0.3, -0.25) is 4.79 Å². The van der Waals surface area contributed by atoms with Crippen LogP contribution >= 0.6 is 0 Å². The van der Waals surface area contributed by atoms with Crippen LogP contribution in [0, 0.1) is 0 Å². The average Bonchev–Trinajstić information content (AvgIpc) is 2.72. The summed E-state index contributed by atoms with van der Waals surface area (Å²) in [5, 5.41) is 3.05. The molecule has 1 N–H and O–H groups in total. The van der Waals surface area contributed by atoms with Crippen molar-refractivity contribution in [2.24, 2.45) is 0 Å². The molecule has 0 fully saturated rings. The molecule has 30 heavy (non-hydrogen) atoms. The van der Waals surface area contributed by atoms with E-state index in [2.05, 4.69) is 10.1 Å². The molecule has 8 heteroatoms. The van der Waals surface area contributed by atoms with Crippen LogP contribution in [-0.2, 0) is 20.5 Å². The summed E-state index contributed by atoms with van der Waals surface area (Å²) in [6, 6.07) is 14.4. The number of halogens is 3. The highest BCUT2D eigenvalue weighted by atomic mass is 19.4. The Labute approximate surface area is 174 Å². The lowest BCUT2D eigenvalue weighted by molar-refractivity contribution is -0.152. The summed E-state index contributed by atoms with van der Waals surface area (Å²) >= 11 is 0. The van der Waals surface area contributed by atoms with Gasteiger partial charge in [-0.05, 0) is 50.3 Å². The molecular weight excluding hydrogens is 399 g/mol. The Balaban J connectivity index is 0.000000479. The average molecular weight is 425 g/mol. The van der Waals surface area contributed by atoms with Crippen LogP contribution in [0.5, 0.6) is 5.75 Å². The Bertz CT molecular complexity index is 777. The van der Waals surface area contributed by atoms with Crippen molar-refractivity contribution in [3.63, 3.8) is 0 Å². The lowest BCUT2D eigenvalue weighted by Crippen LogP contribution is -2.16. The van der Waals surface area contributed by atoms with Gasteiger partial charge in [-0.2, -0.15) is 13.2 Å². The number of alkyl halides is 3. The number of rotatable bonds is 8. The molecule has 0 amide bonds. The number of hydrogen-bond donors (Lipinski definition) is 1. The van der Waals surface area contributed by atoms with Crippen molar-refractivity contribution in [2.45, 2.75) is 32.5 Å². The fourth-order valence-corrected chi connectivity index (χ4v) is 2.36. The van der Waals surface area contributed by atoms with Gasteiger partial charge in [0, 0.05) is 13.3 Å². The van der Waals surface area contributed by atoms with Gasteiger partial charge in [0.15, 0.2) is 0 Å². The van der Waals surface area contributed by atoms with Crippen LogP contribution in [0.4, 0.5) is 13.2 Å². The molecule has 2 aromatic rings. The van der Waals surface area contributed by atoms with E-state index in [1.54, 1.807) is 6.92 Å². The molecule has 1 unspecified atom stereocenters. The van der Waals surface area contributed by atoms with E-state index in [-0.39, 0.29) is 12.7 Å². The summed E-state index contributed by atoms with van der Waals surface area (Å²) in [6.45, 7) is 3.84. The lowest BCUT2D eigenvalue weighted by Gasteiger charge is -2.20. The van der Waals surface area contributed by atoms with Crippen molar-refractivity contribution in [3.8, 4) is 5.75 Å². The molecule has 0 aliphatic rings. The number of Topliss-reactive ketones (excluding diaryl/α,β-unsaturated/α-hetero) is 1. The summed E-state index contributed by atoms with van der Waals surface area (Å²) in [6.07, 6.45) is -3.81. The highest BCUT2D eigenvalue weighted by molar-refractivity contribution is 6.32. The summed E-state index contributed by atoms with van der Waals surface area (Å²) in [5.41, 5.74) is 0.323. The first-order chi connectivity index (χ1) is 14.2. The monoisotopic (exact) mass is 425 g/mol. The second-order valence-electron chi connectivity index (χ2n) is 6.21. The predicted molar refractivity (Wildman–Crippen MR) is 107 cm³/mol. The number of nitrogens with one attached hydrogen (secondary N) is 1. The number of carbonyl (C=O) groups excluding carboxylic acids is 2. The quantitative estimate of drug-likeness (QED) is 0.496. The third-order valence-electron chi connectivity index (χ3n) is 3.85. The lowest BCUT2D eigenvalue weighted by atomic mass is 10.1. The van der Waals surface area contributed by atoms with E-state index in [1.165, 1.54) is 19.1 Å². The van der Waals surface area contributed by atoms with Crippen molar-refractivity contribution >= 4 is 11.8 Å². The van der Waals surface area contributed by atoms with Crippen molar-refractivity contribution in [2.75, 3.05) is 20.2 Å². The number of ether oxygens (including phenoxy) is 2. The van der Waals surface area contributed by atoms with Crippen LogP contribution in [0.25, 0.3) is 0 Å². The first-order valence-corrected chi connectivity index (χ1v) is 9.40. The van der Waals surface area contributed by atoms with Crippen LogP contribution in [0.1, 0.15) is 37.5 Å². The molecular formula is C22H26F3NO4. The Hall–Kier alpha value is -2.87. The molecule has 0 spiro atoms. The molecule has 0 aromatic heterocycles. The molecule has 0 aliphatic heterocycles. The van der Waals surface area contributed by atoms with E-state index < -0.39 is 23.5 Å². The van der Waals surface area contributed by atoms with E-state index in [0.29, 0.717) is 5.75 Å². The molecule has 0 saturated heterocycles. The molecule has 0 saturated carbocycles. The van der Waals surface area contributed by atoms with E-state index in [9.17, 15) is 22.8 Å². The van der Waals surface area contributed by atoms with Gasteiger partial charge < -0.3 is 14.8 Å². The number of ketones is 1. The Kier molecular flexibility index (Phi) is 10.6. The molecule has 0 radical (unpaired) electrons. The SMILES string of the molecule is CCOC(=O)C(C)=O.CNCCC(Oc1ccc(C(F)(F)F)cc1)c1ccccc1. The maximum Gasteiger partial charge on any atom is 0.416 e. The minimum Gasteiger partial charge on any atom is -0.486 e. The van der Waals surface area contributed by atoms with Gasteiger partial charge in [-0.1, -0.05) is 30.3 Å². The second-order valence-corrected chi connectivity index (χ2v) is 6.21. The zero-order valence-corrected chi connectivity index (χ0v) is 17.2. The zero-order valence-electron chi connectivity index (χ0n) is 17.2. The first kappa shape index (κ1) is 25.2. The summed E-state index contributed by atoms with van der Waals surface area (Å²) in [4.78, 5) is 20.2. The number of esters is 1. The fraction of sp³-hybridized carbons (Fsp3) is 0.364. The third kappa shape index (κ3) is 9.09. The van der Waals surface area contributed by atoms with Crippen LogP contribution in [-0.4, -0.2) is 32.0 Å². The van der Waals surface area contributed by atoms with Gasteiger partial charge in [-0.15, -0.1) is 0 Å². The van der Waals surface area contributed by atoms with Gasteiger partial charge in [0.1, 0.15) is 11.9 Å². The minimum absolute atomic E-state index is 0.203. The highest BCUT2D eigenvalue weighted by Gasteiger charge is 2.30. The Morgan fingerprint density at radius 2 is 1.63 bits per heavy atom. The second kappa shape index (κ2) is 12.6. The predicted octanol–water partition coefficient (Wildman–Crippen LogP) is 4.57. The summed E-state index contributed by atoms with van der Waals surface area (Å²) in [7, 11) is 1.85. The Morgan fingerprint density at radius 3 is 2.07 bits per heavy atom. The number of carbonyl (C=O) groups is 2. The van der Waals surface area contributed by atoms with Gasteiger partial charge in [0.05, 0.1) is 12.2 Å². The molecule has 164 valence electrons. The van der Waals surface area contributed by atoms with Gasteiger partial charge in [0.25, 0.3) is 0 Å². The highest BCUT2D eigenvalue weighted by Crippen LogP contribution is 2.31. The maximum absolute atomic E-state index is 12.6. The number of benzene rings is 2. The van der Waals surface area contributed by atoms with Crippen LogP contribution < -0.4 is 10.1 Å². The van der Waals surface area contributed by atoms with Crippen molar-refractivity contribution < 1.29 is 32.2 Å². The van der Waals surface area contributed by atoms with E-state index in [4.69, 9.17) is 4.74 Å². The van der Waals surface area contributed by atoms with E-state index >= 15 is 0 Å². The van der Waals surface area contributed by atoms with Crippen LogP contribution in [0.2, 0.25) is 0 Å². The fourth-order valence-electron chi connectivity index (χ4n) is 2.36. The first-order valence-electron chi connectivity index (χ1n) is 9.40. The van der Waals surface area contributed by atoms with Gasteiger partial charge >= 0.3 is 12.1 Å². The third-order valence-corrected chi connectivity index (χ3v) is 3.85. The standard InChI is InChI=1S/C17H18F3NO.C5H8O3/c1-21-12-11-16(13-5-3-2-4-6-13)22-15-9-7-14(8-10-15)17(18,19)20;1-3-8-5(7)4(2)6/h2-10,16,21H,11-12H2,1H3;3H2,1-2H3. The summed E-state index contributed by atoms with van der Waals surface area (Å²) in [5.74, 6) is -0.877. The topological polar surface area (TPSA) is 64.6 Å². The number of hydrogen-bond acceptors (Lipinski definition) is 5. The molecule has 0 heterocycles. The normalized spacial score (nSPS) is 11.7. The molecule has 2 rings (SSSR count). The van der Waals surface area contributed by atoms with E-state index in [1.807, 2.05) is 37.4 Å². The van der Waals surface area contributed by atoms with E-state index in [0.717, 1.165) is 30.7 Å². The molecule has 2 aromatic carbocycles. The molecule has 5 nitrogen and oxygen atoms in total. The molecule has 0 aliphatic carbocycles. The van der Waals surface area contributed by atoms with Gasteiger partial charge in [-0.25, -0.2) is 4.79 Å². The smallest absolute Gasteiger partial charge is 0.416 e. The Morgan fingerprint density at radius 1 is 1.03 bits per heavy atom. The van der Waals surface area contributed by atoms with Gasteiger partial charge in [0.2, 0.25) is 5.78 Å². The van der Waals surface area contributed by atoms with Crippen molar-refractivity contribution in [3.05, 3.63) is 65.7 Å². The molecule has 1 atom stereocenters. The largest absolute Gasteiger partial charge is 0.486 e. The minimum atomic E-state index is -4.33. The van der Waals surface area contributed by atoms with Crippen LogP contribution in [0.3, 0.4) is 0 Å². The van der Waals surface area contributed by atoms with Crippen molar-refractivity contribution in [1.29, 1.82) is 0 Å². The zero-order chi connectivity index (χ0) is 22.6. The summed E-state index contributed by atoms with van der Waals surface area (Å²) < 4.78 is 47.9. The maximum atomic E-state index is 12.6.